The van der Waals surface area contributed by atoms with Crippen LogP contribution in [0.2, 0.25) is 0 Å². The second-order valence-corrected chi connectivity index (χ2v) is 6.99. The summed E-state index contributed by atoms with van der Waals surface area (Å²) < 4.78 is 7.81. The molecule has 0 radical (unpaired) electrons. The third-order valence-corrected chi connectivity index (χ3v) is 4.86. The van der Waals surface area contributed by atoms with Crippen molar-refractivity contribution in [3.8, 4) is 5.75 Å². The number of carbonyl (C=O) groups excluding carboxylic acids is 1. The highest BCUT2D eigenvalue weighted by Gasteiger charge is 2.31. The van der Waals surface area contributed by atoms with E-state index in [1.165, 1.54) is 0 Å². The number of fused-ring (bicyclic) bond motifs is 1. The van der Waals surface area contributed by atoms with Crippen LogP contribution in [0.5, 0.6) is 5.75 Å². The van der Waals surface area contributed by atoms with Crippen molar-refractivity contribution >= 4 is 50.1 Å². The number of hydrogen-bond acceptors (Lipinski definition) is 2. The van der Waals surface area contributed by atoms with Crippen LogP contribution in [-0.2, 0) is 11.3 Å². The normalized spacial score (nSPS) is 17.4. The van der Waals surface area contributed by atoms with E-state index in [-0.39, 0.29) is 5.91 Å². The van der Waals surface area contributed by atoms with Crippen molar-refractivity contribution in [2.45, 2.75) is 19.6 Å². The summed E-state index contributed by atoms with van der Waals surface area (Å²) >= 11 is 5.78. The van der Waals surface area contributed by atoms with Crippen molar-refractivity contribution < 1.29 is 9.53 Å². The molecule has 3 rings (SSSR count). The molecule has 0 saturated carbocycles. The van der Waals surface area contributed by atoms with Gasteiger partial charge in [0.1, 0.15) is 5.75 Å². The van der Waals surface area contributed by atoms with Crippen molar-refractivity contribution in [2.24, 2.45) is 0 Å². The Morgan fingerprint density at radius 2 is 2.05 bits per heavy atom. The molecule has 3 nitrogen and oxygen atoms in total. The molecule has 0 saturated heterocycles. The lowest BCUT2D eigenvalue weighted by Gasteiger charge is -2.33. The Labute approximate surface area is 145 Å². The summed E-state index contributed by atoms with van der Waals surface area (Å²) in [5.41, 5.74) is 1.90. The minimum absolute atomic E-state index is 0.0144. The molecule has 0 aromatic heterocycles. The van der Waals surface area contributed by atoms with Gasteiger partial charge in [0.15, 0.2) is 6.10 Å². The predicted octanol–water partition coefficient (Wildman–Crippen LogP) is 4.37. The molecule has 1 aliphatic heterocycles. The van der Waals surface area contributed by atoms with Crippen LogP contribution >= 0.6 is 38.5 Å². The average Bonchev–Trinajstić information content (AvgIpc) is 2.45. The summed E-state index contributed by atoms with van der Waals surface area (Å²) in [6, 6.07) is 13.8. The van der Waals surface area contributed by atoms with Gasteiger partial charge < -0.3 is 9.64 Å². The molecular formula is C16H13BrINO2. The summed E-state index contributed by atoms with van der Waals surface area (Å²) in [6.07, 6.45) is -0.460. The molecule has 2 aromatic rings. The smallest absolute Gasteiger partial charge is 0.268 e. The number of hydrogen-bond donors (Lipinski definition) is 0. The molecular weight excluding hydrogens is 445 g/mol. The third-order valence-electron chi connectivity index (χ3n) is 3.42. The number of rotatable bonds is 2. The van der Waals surface area contributed by atoms with Crippen LogP contribution in [0.3, 0.4) is 0 Å². The van der Waals surface area contributed by atoms with Gasteiger partial charge in [-0.15, -0.1) is 0 Å². The zero-order chi connectivity index (χ0) is 15.0. The Bertz CT molecular complexity index is 704. The molecule has 1 unspecified atom stereocenters. The van der Waals surface area contributed by atoms with Gasteiger partial charge in [0.25, 0.3) is 5.91 Å². The Kier molecular flexibility index (Phi) is 4.21. The third kappa shape index (κ3) is 2.94. The van der Waals surface area contributed by atoms with Gasteiger partial charge in [-0.2, -0.15) is 0 Å². The van der Waals surface area contributed by atoms with Crippen molar-refractivity contribution in [2.75, 3.05) is 4.90 Å². The maximum absolute atomic E-state index is 12.5. The number of carbonyl (C=O) groups is 1. The van der Waals surface area contributed by atoms with Crippen LogP contribution < -0.4 is 9.64 Å². The molecule has 5 heteroatoms. The van der Waals surface area contributed by atoms with Gasteiger partial charge in [0.2, 0.25) is 0 Å². The summed E-state index contributed by atoms with van der Waals surface area (Å²) in [6.45, 7) is 2.32. The summed E-state index contributed by atoms with van der Waals surface area (Å²) in [7, 11) is 0. The van der Waals surface area contributed by atoms with Crippen LogP contribution in [0.15, 0.2) is 46.9 Å². The monoisotopic (exact) mass is 457 g/mol. The zero-order valence-corrected chi connectivity index (χ0v) is 15.1. The molecule has 0 aliphatic carbocycles. The Morgan fingerprint density at radius 3 is 2.81 bits per heavy atom. The van der Waals surface area contributed by atoms with Crippen LogP contribution in [0, 0.1) is 3.57 Å². The lowest BCUT2D eigenvalue weighted by Crippen LogP contribution is -2.44. The van der Waals surface area contributed by atoms with Crippen molar-refractivity contribution in [1.29, 1.82) is 0 Å². The highest BCUT2D eigenvalue weighted by atomic mass is 127. The minimum Gasteiger partial charge on any atom is -0.479 e. The highest BCUT2D eigenvalue weighted by molar-refractivity contribution is 14.1. The van der Waals surface area contributed by atoms with Gasteiger partial charge in [0.05, 0.1) is 12.2 Å². The fourth-order valence-corrected chi connectivity index (χ4v) is 3.22. The number of halogens is 2. The summed E-state index contributed by atoms with van der Waals surface area (Å²) in [5.74, 6) is 0.750. The van der Waals surface area contributed by atoms with E-state index in [4.69, 9.17) is 4.74 Å². The molecule has 1 atom stereocenters. The molecule has 1 amide bonds. The van der Waals surface area contributed by atoms with E-state index in [1.54, 1.807) is 11.8 Å². The summed E-state index contributed by atoms with van der Waals surface area (Å²) in [4.78, 5) is 14.3. The maximum Gasteiger partial charge on any atom is 0.268 e. The number of amides is 1. The van der Waals surface area contributed by atoms with E-state index in [0.29, 0.717) is 6.54 Å². The lowest BCUT2D eigenvalue weighted by atomic mass is 10.1. The highest BCUT2D eigenvalue weighted by Crippen LogP contribution is 2.36. The number of ether oxygens (including phenoxy) is 1. The number of anilines is 1. The molecule has 0 N–H and O–H groups in total. The van der Waals surface area contributed by atoms with Crippen molar-refractivity contribution in [1.82, 2.24) is 0 Å². The van der Waals surface area contributed by atoms with Crippen LogP contribution in [-0.4, -0.2) is 12.0 Å². The predicted molar refractivity (Wildman–Crippen MR) is 94.6 cm³/mol. The van der Waals surface area contributed by atoms with Gasteiger partial charge in [0, 0.05) is 8.04 Å². The van der Waals surface area contributed by atoms with Gasteiger partial charge in [-0.3, -0.25) is 4.79 Å². The quantitative estimate of drug-likeness (QED) is 0.627. The summed E-state index contributed by atoms with van der Waals surface area (Å²) in [5, 5.41) is 0. The van der Waals surface area contributed by atoms with Crippen LogP contribution in [0.25, 0.3) is 0 Å². The second kappa shape index (κ2) is 5.96. The van der Waals surface area contributed by atoms with E-state index in [9.17, 15) is 4.79 Å². The fourth-order valence-electron chi connectivity index (χ4n) is 2.34. The Balaban J connectivity index is 2.01. The molecule has 108 valence electrons. The SMILES string of the molecule is CC1Oc2cc(I)ccc2N(Cc2ccccc2Br)C1=O. The first-order valence-electron chi connectivity index (χ1n) is 6.57. The Hall–Kier alpha value is -1.08. The minimum atomic E-state index is -0.460. The standard InChI is InChI=1S/C16H13BrINO2/c1-10-16(20)19(9-11-4-2-3-5-13(11)17)14-7-6-12(18)8-15(14)21-10/h2-8,10H,9H2,1H3. The topological polar surface area (TPSA) is 29.5 Å². The first-order valence-corrected chi connectivity index (χ1v) is 8.44. The van der Waals surface area contributed by atoms with Gasteiger partial charge in [-0.25, -0.2) is 0 Å². The van der Waals surface area contributed by atoms with Gasteiger partial charge >= 0.3 is 0 Å². The average molecular weight is 458 g/mol. The van der Waals surface area contributed by atoms with Crippen molar-refractivity contribution in [3.05, 3.63) is 56.1 Å². The molecule has 2 aromatic carbocycles. The van der Waals surface area contributed by atoms with Crippen LogP contribution in [0.4, 0.5) is 5.69 Å². The lowest BCUT2D eigenvalue weighted by molar-refractivity contribution is -0.125. The molecule has 0 fully saturated rings. The maximum atomic E-state index is 12.5. The van der Waals surface area contributed by atoms with Crippen molar-refractivity contribution in [3.63, 3.8) is 0 Å². The molecule has 0 spiro atoms. The van der Waals surface area contributed by atoms with E-state index in [0.717, 1.165) is 25.0 Å². The first-order chi connectivity index (χ1) is 10.1. The van der Waals surface area contributed by atoms with Crippen LogP contribution in [0.1, 0.15) is 12.5 Å². The number of benzene rings is 2. The zero-order valence-electron chi connectivity index (χ0n) is 11.3. The van der Waals surface area contributed by atoms with E-state index in [2.05, 4.69) is 38.5 Å². The first kappa shape index (κ1) is 14.8. The van der Waals surface area contributed by atoms with Gasteiger partial charge in [-0.1, -0.05) is 34.1 Å². The molecule has 21 heavy (non-hydrogen) atoms. The largest absolute Gasteiger partial charge is 0.479 e. The molecule has 0 bridgehead atoms. The van der Waals surface area contributed by atoms with E-state index in [1.807, 2.05) is 42.5 Å². The Morgan fingerprint density at radius 1 is 1.29 bits per heavy atom. The van der Waals surface area contributed by atoms with E-state index < -0.39 is 6.10 Å². The molecule has 1 aliphatic rings. The number of nitrogens with zero attached hydrogens (tertiary/aromatic N) is 1. The molecule has 1 heterocycles. The fraction of sp³-hybridized carbons (Fsp3) is 0.188. The van der Waals surface area contributed by atoms with E-state index >= 15 is 0 Å². The van der Waals surface area contributed by atoms with Gasteiger partial charge in [-0.05, 0) is 59.3 Å². The second-order valence-electron chi connectivity index (χ2n) is 4.89.